The second-order valence-corrected chi connectivity index (χ2v) is 16.5. The van der Waals surface area contributed by atoms with E-state index >= 15 is 0 Å². The van der Waals surface area contributed by atoms with Crippen molar-refractivity contribution in [1.29, 1.82) is 0 Å². The summed E-state index contributed by atoms with van der Waals surface area (Å²) < 4.78 is 0. The van der Waals surface area contributed by atoms with E-state index in [1.165, 1.54) is 141 Å². The van der Waals surface area contributed by atoms with Crippen LogP contribution >= 0.6 is 0 Å². The zero-order chi connectivity index (χ0) is 26.7. The molecule has 0 aliphatic heterocycles. The van der Waals surface area contributed by atoms with Gasteiger partial charge in [-0.15, -0.1) is 0 Å². The van der Waals surface area contributed by atoms with Crippen molar-refractivity contribution in [2.24, 2.45) is 51.2 Å². The Bertz CT molecular complexity index is 918. The Morgan fingerprint density at radius 3 is 1.62 bits per heavy atom. The van der Waals surface area contributed by atoms with Crippen molar-refractivity contribution in [3.05, 3.63) is 0 Å². The van der Waals surface area contributed by atoms with Gasteiger partial charge < -0.3 is 11.1 Å². The lowest BCUT2D eigenvalue weighted by molar-refractivity contribution is -0.0137. The van der Waals surface area contributed by atoms with E-state index in [2.05, 4.69) is 15.8 Å². The van der Waals surface area contributed by atoms with Gasteiger partial charge in [-0.3, -0.25) is 0 Å². The summed E-state index contributed by atoms with van der Waals surface area (Å²) in [6.45, 7) is 0. The van der Waals surface area contributed by atoms with Crippen LogP contribution in [-0.2, 0) is 0 Å². The number of guanidine groups is 2. The van der Waals surface area contributed by atoms with Crippen LogP contribution in [0.1, 0.15) is 141 Å². The molecule has 0 heterocycles. The molecule has 0 saturated heterocycles. The molecule has 6 heteroatoms. The molecule has 222 valence electrons. The number of aliphatic imine (C=N–C) groups is 2. The van der Waals surface area contributed by atoms with E-state index in [1.54, 1.807) is 0 Å². The summed E-state index contributed by atoms with van der Waals surface area (Å²) in [4.78, 5) is 11.2. The van der Waals surface area contributed by atoms with Gasteiger partial charge in [0, 0.05) is 11.6 Å². The Balaban J connectivity index is 1.16. The Morgan fingerprint density at radius 2 is 1.10 bits per heavy atom. The van der Waals surface area contributed by atoms with Gasteiger partial charge in [0.05, 0.1) is 11.6 Å². The van der Waals surface area contributed by atoms with Crippen LogP contribution in [-0.4, -0.2) is 40.1 Å². The zero-order valence-electron chi connectivity index (χ0n) is 25.1. The van der Waals surface area contributed by atoms with Crippen LogP contribution in [0, 0.1) is 35.5 Å². The molecule has 10 saturated carbocycles. The molecule has 0 amide bonds. The maximum absolute atomic E-state index is 7.09. The van der Waals surface area contributed by atoms with Crippen LogP contribution in [0.3, 0.4) is 0 Å². The van der Waals surface area contributed by atoms with E-state index < -0.39 is 0 Å². The molecule has 6 nitrogen and oxygen atoms in total. The highest BCUT2D eigenvalue weighted by molar-refractivity contribution is 5.98. The monoisotopic (exact) mass is 548 g/mol. The fraction of sp³-hybridized carbons (Fsp3) is 0.941. The van der Waals surface area contributed by atoms with Gasteiger partial charge in [0.2, 0.25) is 11.9 Å². The number of nitrogens with two attached hydrogens (primary N) is 1. The number of rotatable bonds is 5. The quantitative estimate of drug-likeness (QED) is 0.204. The molecule has 10 aliphatic rings. The number of nitrogens with zero attached hydrogens (tertiary/aromatic N) is 3. The van der Waals surface area contributed by atoms with E-state index in [0.29, 0.717) is 18.0 Å². The summed E-state index contributed by atoms with van der Waals surface area (Å²) in [5.41, 5.74) is 11.4. The topological polar surface area (TPSA) is 78.0 Å². The first kappa shape index (κ1) is 26.3. The minimum Gasteiger partial charge on any atom is -0.368 e. The first-order valence-corrected chi connectivity index (χ1v) is 17.8. The van der Waals surface area contributed by atoms with E-state index in [1.807, 2.05) is 0 Å². The van der Waals surface area contributed by atoms with Crippen molar-refractivity contribution in [3.8, 4) is 0 Å². The predicted molar refractivity (Wildman–Crippen MR) is 163 cm³/mol. The standard InChI is InChI=1S/C34H56N6/c35-31(36-29-7-3-1-4-8-29)40(39-30-9-5-2-6-10-30)32(37-33-17-23-11-24(18-33)13-25(12-23)19-33)38-34-20-26-14-27(21-34)16-28(15-26)22-34/h23-30,39H,1-22H2,(H2,35,36)(H,37,38). The van der Waals surface area contributed by atoms with Crippen molar-refractivity contribution in [3.63, 3.8) is 0 Å². The van der Waals surface area contributed by atoms with E-state index in [4.69, 9.17) is 15.7 Å². The average molecular weight is 549 g/mol. The minimum atomic E-state index is 0.108. The van der Waals surface area contributed by atoms with Crippen LogP contribution in [0.2, 0.25) is 0 Å². The molecule has 8 bridgehead atoms. The fourth-order valence-corrected chi connectivity index (χ4v) is 12.2. The first-order chi connectivity index (χ1) is 19.5. The van der Waals surface area contributed by atoms with Crippen LogP contribution in [0.15, 0.2) is 9.98 Å². The molecule has 0 aromatic rings. The zero-order valence-corrected chi connectivity index (χ0v) is 25.1. The van der Waals surface area contributed by atoms with Crippen molar-refractivity contribution in [2.75, 3.05) is 0 Å². The largest absolute Gasteiger partial charge is 0.368 e. The van der Waals surface area contributed by atoms with Crippen LogP contribution < -0.4 is 16.5 Å². The molecule has 10 aliphatic carbocycles. The third kappa shape index (κ3) is 5.22. The Morgan fingerprint density at radius 1 is 0.625 bits per heavy atom. The second-order valence-electron chi connectivity index (χ2n) is 16.5. The van der Waals surface area contributed by atoms with Crippen LogP contribution in [0.25, 0.3) is 0 Å². The molecular weight excluding hydrogens is 492 g/mol. The number of hydrogen-bond donors (Lipinski definition) is 3. The summed E-state index contributed by atoms with van der Waals surface area (Å²) in [5.74, 6) is 7.15. The summed E-state index contributed by atoms with van der Waals surface area (Å²) in [5, 5.41) is 6.53. The maximum atomic E-state index is 7.09. The van der Waals surface area contributed by atoms with E-state index in [9.17, 15) is 0 Å². The Labute approximate surface area is 243 Å². The predicted octanol–water partition coefficient (Wildman–Crippen LogP) is 6.66. The lowest BCUT2D eigenvalue weighted by Crippen LogP contribution is -2.67. The highest BCUT2D eigenvalue weighted by atomic mass is 15.6. The fourth-order valence-electron chi connectivity index (χ4n) is 12.2. The second kappa shape index (κ2) is 10.5. The highest BCUT2D eigenvalue weighted by Crippen LogP contribution is 2.58. The van der Waals surface area contributed by atoms with Gasteiger partial charge in [-0.25, -0.2) is 20.4 Å². The molecule has 10 rings (SSSR count). The smallest absolute Gasteiger partial charge is 0.217 e. The van der Waals surface area contributed by atoms with Crippen molar-refractivity contribution in [2.45, 2.75) is 164 Å². The average Bonchev–Trinajstić information content (AvgIpc) is 2.91. The van der Waals surface area contributed by atoms with Crippen molar-refractivity contribution in [1.82, 2.24) is 15.8 Å². The molecule has 0 unspecified atom stereocenters. The van der Waals surface area contributed by atoms with Gasteiger partial charge in [0.15, 0.2) is 0 Å². The molecular formula is C34H56N6. The third-order valence-corrected chi connectivity index (χ3v) is 13.0. The van der Waals surface area contributed by atoms with Crippen LogP contribution in [0.4, 0.5) is 0 Å². The molecule has 0 aromatic heterocycles. The molecule has 10 fully saturated rings. The van der Waals surface area contributed by atoms with Gasteiger partial charge in [0.25, 0.3) is 0 Å². The van der Waals surface area contributed by atoms with Crippen molar-refractivity contribution < 1.29 is 0 Å². The molecule has 0 aromatic carbocycles. The first-order valence-electron chi connectivity index (χ1n) is 17.8. The van der Waals surface area contributed by atoms with Gasteiger partial charge in [-0.2, -0.15) is 0 Å². The molecule has 0 spiro atoms. The summed E-state index contributed by atoms with van der Waals surface area (Å²) in [6.07, 6.45) is 29.4. The van der Waals surface area contributed by atoms with E-state index in [0.717, 1.165) is 41.5 Å². The Hall–Kier alpha value is -1.30. The molecule has 0 radical (unpaired) electrons. The SMILES string of the molecule is NC(=NC1CCCCC1)N(NC1CCCCC1)C(=NC12CC3CC(CC(C3)C1)C2)NC12CC3CC(CC(C3)C1)C2. The summed E-state index contributed by atoms with van der Waals surface area (Å²) in [6, 6.07) is 0.832. The Kier molecular flexibility index (Phi) is 6.88. The molecule has 0 atom stereocenters. The highest BCUT2D eigenvalue weighted by Gasteiger charge is 2.54. The normalized spacial score (nSPS) is 45.3. The lowest BCUT2D eigenvalue weighted by atomic mass is 9.53. The van der Waals surface area contributed by atoms with Gasteiger partial charge in [-0.05, 0) is 138 Å². The minimum absolute atomic E-state index is 0.108. The van der Waals surface area contributed by atoms with Crippen molar-refractivity contribution >= 4 is 11.9 Å². The number of hydrazine groups is 1. The maximum Gasteiger partial charge on any atom is 0.217 e. The van der Waals surface area contributed by atoms with Crippen LogP contribution in [0.5, 0.6) is 0 Å². The van der Waals surface area contributed by atoms with Gasteiger partial charge in [0.1, 0.15) is 0 Å². The van der Waals surface area contributed by atoms with Gasteiger partial charge >= 0.3 is 0 Å². The third-order valence-electron chi connectivity index (χ3n) is 13.0. The number of hydrogen-bond acceptors (Lipinski definition) is 3. The summed E-state index contributed by atoms with van der Waals surface area (Å²) in [7, 11) is 0. The number of nitrogens with one attached hydrogen (secondary N) is 2. The summed E-state index contributed by atoms with van der Waals surface area (Å²) >= 11 is 0. The molecule has 40 heavy (non-hydrogen) atoms. The van der Waals surface area contributed by atoms with Gasteiger partial charge in [-0.1, -0.05) is 38.5 Å². The van der Waals surface area contributed by atoms with E-state index in [-0.39, 0.29) is 11.1 Å². The molecule has 4 N–H and O–H groups in total. The lowest BCUT2D eigenvalue weighted by Gasteiger charge is -2.58.